The predicted molar refractivity (Wildman–Crippen MR) is 123 cm³/mol. The van der Waals surface area contributed by atoms with Gasteiger partial charge < -0.3 is 9.84 Å². The highest BCUT2D eigenvalue weighted by Crippen LogP contribution is 2.41. The lowest BCUT2D eigenvalue weighted by Gasteiger charge is -2.21. The number of halogens is 3. The second-order valence-electron chi connectivity index (χ2n) is 8.11. The van der Waals surface area contributed by atoms with Gasteiger partial charge in [-0.15, -0.1) is 0 Å². The summed E-state index contributed by atoms with van der Waals surface area (Å²) in [6, 6.07) is 12.4. The van der Waals surface area contributed by atoms with E-state index in [1.807, 2.05) is 0 Å². The average molecular weight is 510 g/mol. The number of carbonyl (C=O) groups is 2. The number of benzene rings is 3. The number of phenols is 1. The number of carbonyl (C=O) groups excluding carboxylic acids is 2. The van der Waals surface area contributed by atoms with E-state index >= 15 is 0 Å². The summed E-state index contributed by atoms with van der Waals surface area (Å²) in [5.74, 6) is -7.33. The van der Waals surface area contributed by atoms with E-state index in [0.717, 1.165) is 11.6 Å². The van der Waals surface area contributed by atoms with Crippen LogP contribution in [-0.2, 0) is 24.3 Å². The summed E-state index contributed by atoms with van der Waals surface area (Å²) >= 11 is 0. The highest BCUT2D eigenvalue weighted by Gasteiger charge is 2.49. The van der Waals surface area contributed by atoms with Crippen molar-refractivity contribution in [2.75, 3.05) is 4.72 Å². The maximum absolute atomic E-state index is 13.4. The van der Waals surface area contributed by atoms with Gasteiger partial charge >= 0.3 is 12.1 Å². The Morgan fingerprint density at radius 3 is 2.11 bits per heavy atom. The van der Waals surface area contributed by atoms with E-state index in [1.165, 1.54) is 50.2 Å². The van der Waals surface area contributed by atoms with Gasteiger partial charge in [-0.25, -0.2) is 8.42 Å². The first-order valence-corrected chi connectivity index (χ1v) is 11.9. The normalized spacial score (nSPS) is 13.0. The van der Waals surface area contributed by atoms with Crippen LogP contribution < -0.4 is 4.72 Å². The molecular weight excluding hydrogens is 487 g/mol. The fraction of sp³-hybridized carbons (Fsp3) is 0.250. The molecule has 0 fully saturated rings. The van der Waals surface area contributed by atoms with Crippen LogP contribution in [0.25, 0.3) is 10.8 Å². The van der Waals surface area contributed by atoms with Gasteiger partial charge in [-0.3, -0.25) is 14.3 Å². The van der Waals surface area contributed by atoms with Crippen molar-refractivity contribution < 1.29 is 41.0 Å². The van der Waals surface area contributed by atoms with Gasteiger partial charge in [-0.1, -0.05) is 42.0 Å². The minimum absolute atomic E-state index is 0.0658. The minimum Gasteiger partial charge on any atom is -0.507 e. The molecule has 2 N–H and O–H groups in total. The van der Waals surface area contributed by atoms with Gasteiger partial charge in [0.25, 0.3) is 15.8 Å². The van der Waals surface area contributed by atoms with Crippen molar-refractivity contribution in [2.45, 2.75) is 43.9 Å². The SMILES string of the molecule is Cc1ccc(S(=O)(=O)Nc2cc([C@H](C(=O)OC(C)C)C(=O)C(F)(F)F)c(O)c3ccccc23)cc1. The molecular formula is C24H22F3NO6S. The van der Waals surface area contributed by atoms with Crippen LogP contribution in [0.2, 0.25) is 0 Å². The molecule has 0 aliphatic carbocycles. The Kier molecular flexibility index (Phi) is 7.11. The summed E-state index contributed by atoms with van der Waals surface area (Å²) in [5.41, 5.74) is -0.164. The number of alkyl halides is 3. The highest BCUT2D eigenvalue weighted by atomic mass is 32.2. The highest BCUT2D eigenvalue weighted by molar-refractivity contribution is 7.92. The molecule has 3 rings (SSSR count). The van der Waals surface area contributed by atoms with Crippen molar-refractivity contribution in [3.05, 3.63) is 65.7 Å². The third-order valence-corrected chi connectivity index (χ3v) is 6.44. The molecule has 3 aromatic carbocycles. The molecule has 0 saturated carbocycles. The predicted octanol–water partition coefficient (Wildman–Crippen LogP) is 4.82. The van der Waals surface area contributed by atoms with Crippen LogP contribution in [0.4, 0.5) is 18.9 Å². The van der Waals surface area contributed by atoms with Crippen LogP contribution in [0, 0.1) is 6.92 Å². The molecule has 0 aliphatic heterocycles. The number of aryl methyl sites for hydroxylation is 1. The number of sulfonamides is 1. The molecule has 0 unspecified atom stereocenters. The molecule has 7 nitrogen and oxygen atoms in total. The van der Waals surface area contributed by atoms with Crippen LogP contribution in [-0.4, -0.2) is 37.6 Å². The summed E-state index contributed by atoms with van der Waals surface area (Å²) in [6.45, 7) is 4.53. The molecule has 0 aliphatic rings. The number of rotatable bonds is 7. The zero-order chi connectivity index (χ0) is 26.1. The second-order valence-corrected chi connectivity index (χ2v) is 9.79. The minimum atomic E-state index is -5.43. The van der Waals surface area contributed by atoms with Gasteiger partial charge in [-0.2, -0.15) is 13.2 Å². The first kappa shape index (κ1) is 26.0. The number of Topliss-reactive ketones (excluding diaryl/α,β-unsaturated/α-hetero) is 1. The first-order valence-electron chi connectivity index (χ1n) is 10.4. The topological polar surface area (TPSA) is 110 Å². The van der Waals surface area contributed by atoms with Crippen molar-refractivity contribution >= 4 is 38.2 Å². The van der Waals surface area contributed by atoms with Gasteiger partial charge in [0.05, 0.1) is 16.7 Å². The lowest BCUT2D eigenvalue weighted by Crippen LogP contribution is -2.35. The van der Waals surface area contributed by atoms with Gasteiger partial charge in [0, 0.05) is 16.3 Å². The van der Waals surface area contributed by atoms with Gasteiger partial charge in [0.15, 0.2) is 5.92 Å². The second kappa shape index (κ2) is 9.57. The number of aromatic hydroxyl groups is 1. The monoisotopic (exact) mass is 509 g/mol. The number of esters is 1. The van der Waals surface area contributed by atoms with Gasteiger partial charge in [0.1, 0.15) is 5.75 Å². The van der Waals surface area contributed by atoms with Crippen molar-refractivity contribution in [3.63, 3.8) is 0 Å². The standard InChI is InChI=1S/C24H22F3NO6S/c1-13(2)34-23(31)20(22(30)24(25,26)27)18-12-19(16-6-4-5-7-17(16)21(18)29)28-35(32,33)15-10-8-14(3)9-11-15/h4-13,20,28-29H,1-3H3/t20-/m0/s1. The molecule has 0 spiro atoms. The fourth-order valence-electron chi connectivity index (χ4n) is 3.45. The van der Waals surface area contributed by atoms with Crippen molar-refractivity contribution in [2.24, 2.45) is 0 Å². The number of ether oxygens (including phenoxy) is 1. The molecule has 0 aromatic heterocycles. The van der Waals surface area contributed by atoms with Crippen molar-refractivity contribution in [1.82, 2.24) is 0 Å². The van der Waals surface area contributed by atoms with E-state index in [4.69, 9.17) is 4.74 Å². The van der Waals surface area contributed by atoms with E-state index in [1.54, 1.807) is 19.1 Å². The van der Waals surface area contributed by atoms with Crippen LogP contribution in [0.5, 0.6) is 5.75 Å². The van der Waals surface area contributed by atoms with Gasteiger partial charge in [0.2, 0.25) is 0 Å². The summed E-state index contributed by atoms with van der Waals surface area (Å²) in [7, 11) is -4.22. The third kappa shape index (κ3) is 5.56. The van der Waals surface area contributed by atoms with Crippen molar-refractivity contribution in [3.8, 4) is 5.75 Å². The Morgan fingerprint density at radius 2 is 1.57 bits per heavy atom. The molecule has 35 heavy (non-hydrogen) atoms. The number of hydrogen-bond donors (Lipinski definition) is 2. The molecule has 3 aromatic rings. The largest absolute Gasteiger partial charge is 0.507 e. The van der Waals surface area contributed by atoms with E-state index in [-0.39, 0.29) is 21.4 Å². The Hall–Kier alpha value is -3.60. The molecule has 186 valence electrons. The van der Waals surface area contributed by atoms with Crippen LogP contribution in [0.3, 0.4) is 0 Å². The maximum atomic E-state index is 13.4. The molecule has 0 amide bonds. The molecule has 11 heteroatoms. The number of anilines is 1. The van der Waals surface area contributed by atoms with Crippen LogP contribution in [0.1, 0.15) is 30.9 Å². The number of ketones is 1. The van der Waals surface area contributed by atoms with E-state index in [9.17, 15) is 36.3 Å². The molecule has 0 radical (unpaired) electrons. The quantitative estimate of drug-likeness (QED) is 0.269. The number of phenolic OH excluding ortho intramolecular Hbond substituents is 1. The molecule has 1 atom stereocenters. The van der Waals surface area contributed by atoms with Crippen molar-refractivity contribution in [1.29, 1.82) is 0 Å². The van der Waals surface area contributed by atoms with E-state index in [0.29, 0.717) is 0 Å². The Bertz CT molecular complexity index is 1380. The summed E-state index contributed by atoms with van der Waals surface area (Å²) in [5, 5.41) is 10.9. The maximum Gasteiger partial charge on any atom is 0.451 e. The first-order chi connectivity index (χ1) is 16.2. The van der Waals surface area contributed by atoms with E-state index < -0.39 is 51.3 Å². The number of fused-ring (bicyclic) bond motifs is 1. The van der Waals surface area contributed by atoms with Crippen LogP contribution in [0.15, 0.2) is 59.5 Å². The fourth-order valence-corrected chi connectivity index (χ4v) is 4.52. The molecule has 0 bridgehead atoms. The van der Waals surface area contributed by atoms with Gasteiger partial charge in [-0.05, 0) is 39.0 Å². The number of nitrogens with one attached hydrogen (secondary N) is 1. The lowest BCUT2D eigenvalue weighted by molar-refractivity contribution is -0.178. The molecule has 0 saturated heterocycles. The average Bonchev–Trinajstić information content (AvgIpc) is 2.76. The lowest BCUT2D eigenvalue weighted by atomic mass is 9.90. The van der Waals surface area contributed by atoms with E-state index in [2.05, 4.69) is 4.72 Å². The Labute approximate surface area is 199 Å². The summed E-state index contributed by atoms with van der Waals surface area (Å²) in [6.07, 6.45) is -6.28. The number of hydrogen-bond acceptors (Lipinski definition) is 6. The summed E-state index contributed by atoms with van der Waals surface area (Å²) < 4.78 is 73.3. The smallest absolute Gasteiger partial charge is 0.451 e. The summed E-state index contributed by atoms with van der Waals surface area (Å²) in [4.78, 5) is 24.7. The Morgan fingerprint density at radius 1 is 1.00 bits per heavy atom. The van der Waals surface area contributed by atoms with Crippen LogP contribution >= 0.6 is 0 Å². The Balaban J connectivity index is 2.24. The zero-order valence-corrected chi connectivity index (χ0v) is 19.7. The third-order valence-electron chi connectivity index (χ3n) is 5.06. The molecule has 0 heterocycles. The zero-order valence-electron chi connectivity index (χ0n) is 18.9.